The van der Waals surface area contributed by atoms with Crippen LogP contribution < -0.4 is 10.9 Å². The molecule has 0 fully saturated rings. The Bertz CT molecular complexity index is 860. The lowest BCUT2D eigenvalue weighted by atomic mass is 10.2. The first kappa shape index (κ1) is 20.4. The van der Waals surface area contributed by atoms with Crippen LogP contribution in [-0.4, -0.2) is 40.2 Å². The highest BCUT2D eigenvalue weighted by molar-refractivity contribution is 7.99. The molecule has 2 N–H and O–H groups in total. The highest BCUT2D eigenvalue weighted by Gasteiger charge is 2.18. The number of H-pyrrole nitrogens is 1. The quantitative estimate of drug-likeness (QED) is 0.663. The Morgan fingerprint density at radius 2 is 2.12 bits per heavy atom. The number of carbonyl (C=O) groups is 2. The standard InChI is InChI=1S/C17H23N3O4S2/c1-5-6-18-13(21)7-24-17(23)11(4)25-8-12-19-15(22)14-9(2)10(3)26-16(14)20-12/h11H,5-8H2,1-4H3,(H,18,21)(H,19,20,22)/t11-/m1/s1. The third kappa shape index (κ3) is 5.07. The van der Waals surface area contributed by atoms with Gasteiger partial charge >= 0.3 is 5.97 Å². The van der Waals surface area contributed by atoms with E-state index in [1.807, 2.05) is 20.8 Å². The zero-order chi connectivity index (χ0) is 19.3. The van der Waals surface area contributed by atoms with Crippen molar-refractivity contribution < 1.29 is 14.3 Å². The number of nitrogens with one attached hydrogen (secondary N) is 2. The molecule has 0 aliphatic heterocycles. The zero-order valence-electron chi connectivity index (χ0n) is 15.3. The number of hydrogen-bond acceptors (Lipinski definition) is 7. The molecule has 2 rings (SSSR count). The average molecular weight is 398 g/mol. The number of hydrogen-bond donors (Lipinski definition) is 2. The van der Waals surface area contributed by atoms with Gasteiger partial charge in [0.05, 0.1) is 11.1 Å². The van der Waals surface area contributed by atoms with E-state index in [0.717, 1.165) is 16.9 Å². The average Bonchev–Trinajstić information content (AvgIpc) is 2.90. The van der Waals surface area contributed by atoms with E-state index in [-0.39, 0.29) is 18.1 Å². The number of rotatable bonds is 8. The van der Waals surface area contributed by atoms with Gasteiger partial charge in [0.25, 0.3) is 11.5 Å². The molecule has 26 heavy (non-hydrogen) atoms. The van der Waals surface area contributed by atoms with E-state index in [2.05, 4.69) is 15.3 Å². The summed E-state index contributed by atoms with van der Waals surface area (Å²) in [6.45, 7) is 7.80. The summed E-state index contributed by atoms with van der Waals surface area (Å²) in [5.74, 6) is 0.124. The summed E-state index contributed by atoms with van der Waals surface area (Å²) in [6, 6.07) is 0. The third-order valence-corrected chi connectivity index (χ3v) is 6.04. The lowest BCUT2D eigenvalue weighted by Crippen LogP contribution is -2.30. The Labute approximate surface area is 159 Å². The molecule has 0 saturated heterocycles. The summed E-state index contributed by atoms with van der Waals surface area (Å²) in [4.78, 5) is 44.7. The Balaban J connectivity index is 1.91. The van der Waals surface area contributed by atoms with Gasteiger partial charge in [-0.05, 0) is 32.8 Å². The number of thiophene rings is 1. The van der Waals surface area contributed by atoms with E-state index < -0.39 is 11.2 Å². The van der Waals surface area contributed by atoms with E-state index in [0.29, 0.717) is 28.3 Å². The molecule has 0 aliphatic carbocycles. The number of aryl methyl sites for hydroxylation is 2. The Morgan fingerprint density at radius 1 is 1.38 bits per heavy atom. The van der Waals surface area contributed by atoms with Gasteiger partial charge in [0, 0.05) is 11.4 Å². The minimum atomic E-state index is -0.471. The van der Waals surface area contributed by atoms with Crippen LogP contribution in [0.4, 0.5) is 0 Å². The lowest BCUT2D eigenvalue weighted by molar-refractivity contribution is -0.147. The Hall–Kier alpha value is -1.87. The van der Waals surface area contributed by atoms with Crippen LogP contribution >= 0.6 is 23.1 Å². The van der Waals surface area contributed by atoms with Crippen molar-refractivity contribution in [2.24, 2.45) is 0 Å². The van der Waals surface area contributed by atoms with Crippen LogP contribution in [0.15, 0.2) is 4.79 Å². The van der Waals surface area contributed by atoms with Crippen LogP contribution in [0.1, 0.15) is 36.5 Å². The van der Waals surface area contributed by atoms with Crippen LogP contribution in [0.25, 0.3) is 10.2 Å². The Morgan fingerprint density at radius 3 is 2.81 bits per heavy atom. The maximum absolute atomic E-state index is 12.2. The molecule has 0 radical (unpaired) electrons. The number of aromatic nitrogens is 2. The highest BCUT2D eigenvalue weighted by atomic mass is 32.2. The third-order valence-electron chi connectivity index (χ3n) is 3.81. The fourth-order valence-corrected chi connectivity index (χ4v) is 4.01. The molecule has 2 aromatic heterocycles. The molecular formula is C17H23N3O4S2. The molecule has 142 valence electrons. The molecule has 0 spiro atoms. The Kier molecular flexibility index (Phi) is 7.22. The van der Waals surface area contributed by atoms with Gasteiger partial charge in [-0.3, -0.25) is 14.4 Å². The summed E-state index contributed by atoms with van der Waals surface area (Å²) in [6.07, 6.45) is 0.824. The SMILES string of the molecule is CCCNC(=O)COC(=O)[C@@H](C)SCc1nc2sc(C)c(C)c2c(=O)[nH]1. The molecule has 0 saturated carbocycles. The van der Waals surface area contributed by atoms with Gasteiger partial charge in [-0.1, -0.05) is 6.92 Å². The smallest absolute Gasteiger partial charge is 0.319 e. The van der Waals surface area contributed by atoms with Crippen molar-refractivity contribution in [3.05, 3.63) is 26.6 Å². The minimum absolute atomic E-state index is 0.157. The van der Waals surface area contributed by atoms with Crippen LogP contribution in [0.2, 0.25) is 0 Å². The molecule has 2 heterocycles. The number of nitrogens with zero attached hydrogens (tertiary/aromatic N) is 1. The fourth-order valence-electron chi connectivity index (χ4n) is 2.21. The molecule has 1 atom stereocenters. The summed E-state index contributed by atoms with van der Waals surface area (Å²) >= 11 is 2.79. The van der Waals surface area contributed by atoms with E-state index in [1.165, 1.54) is 23.1 Å². The molecule has 9 heteroatoms. The van der Waals surface area contributed by atoms with Crippen molar-refractivity contribution in [1.82, 2.24) is 15.3 Å². The zero-order valence-corrected chi connectivity index (χ0v) is 16.9. The fraction of sp³-hybridized carbons (Fsp3) is 0.529. The van der Waals surface area contributed by atoms with Gasteiger partial charge in [-0.2, -0.15) is 0 Å². The normalized spacial score (nSPS) is 12.2. The van der Waals surface area contributed by atoms with Crippen molar-refractivity contribution in [3.8, 4) is 0 Å². The molecule has 0 aromatic carbocycles. The first-order valence-corrected chi connectivity index (χ1v) is 10.2. The van der Waals surface area contributed by atoms with Crippen LogP contribution in [0.5, 0.6) is 0 Å². The second kappa shape index (κ2) is 9.18. The highest BCUT2D eigenvalue weighted by Crippen LogP contribution is 2.26. The predicted octanol–water partition coefficient (Wildman–Crippen LogP) is 2.29. The van der Waals surface area contributed by atoms with Crippen molar-refractivity contribution in [1.29, 1.82) is 0 Å². The summed E-state index contributed by atoms with van der Waals surface area (Å²) in [7, 11) is 0. The van der Waals surface area contributed by atoms with E-state index in [9.17, 15) is 14.4 Å². The van der Waals surface area contributed by atoms with E-state index in [4.69, 9.17) is 4.74 Å². The molecular weight excluding hydrogens is 374 g/mol. The van der Waals surface area contributed by atoms with Crippen molar-refractivity contribution in [2.45, 2.75) is 45.1 Å². The minimum Gasteiger partial charge on any atom is -0.455 e. The van der Waals surface area contributed by atoms with Crippen molar-refractivity contribution in [3.63, 3.8) is 0 Å². The molecule has 7 nitrogen and oxygen atoms in total. The first-order chi connectivity index (χ1) is 12.3. The van der Waals surface area contributed by atoms with Gasteiger partial charge in [-0.15, -0.1) is 23.1 Å². The van der Waals surface area contributed by atoms with Crippen LogP contribution in [0, 0.1) is 13.8 Å². The first-order valence-electron chi connectivity index (χ1n) is 8.37. The number of thioether (sulfide) groups is 1. The van der Waals surface area contributed by atoms with Gasteiger partial charge in [0.2, 0.25) is 0 Å². The monoisotopic (exact) mass is 397 g/mol. The maximum Gasteiger partial charge on any atom is 0.319 e. The number of ether oxygens (including phenoxy) is 1. The number of carbonyl (C=O) groups excluding carboxylic acids is 2. The molecule has 0 unspecified atom stereocenters. The van der Waals surface area contributed by atoms with Crippen molar-refractivity contribution >= 4 is 45.2 Å². The number of fused-ring (bicyclic) bond motifs is 1. The van der Waals surface area contributed by atoms with Gasteiger partial charge in [0.15, 0.2) is 6.61 Å². The lowest BCUT2D eigenvalue weighted by Gasteiger charge is -2.11. The largest absolute Gasteiger partial charge is 0.455 e. The molecule has 1 amide bonds. The summed E-state index contributed by atoms with van der Waals surface area (Å²) in [5, 5.41) is 2.80. The van der Waals surface area contributed by atoms with Gasteiger partial charge in [-0.25, -0.2) is 4.98 Å². The molecule has 0 aliphatic rings. The molecule has 0 bridgehead atoms. The van der Waals surface area contributed by atoms with Crippen LogP contribution in [-0.2, 0) is 20.1 Å². The topological polar surface area (TPSA) is 101 Å². The van der Waals surface area contributed by atoms with Crippen molar-refractivity contribution in [2.75, 3.05) is 13.2 Å². The van der Waals surface area contributed by atoms with Crippen LogP contribution in [0.3, 0.4) is 0 Å². The second-order valence-electron chi connectivity index (χ2n) is 5.89. The van der Waals surface area contributed by atoms with Gasteiger partial charge in [0.1, 0.15) is 15.9 Å². The summed E-state index contributed by atoms with van der Waals surface area (Å²) < 4.78 is 5.00. The second-order valence-corrected chi connectivity index (χ2v) is 8.42. The van der Waals surface area contributed by atoms with Gasteiger partial charge < -0.3 is 15.0 Å². The number of amides is 1. The number of esters is 1. The van der Waals surface area contributed by atoms with E-state index >= 15 is 0 Å². The number of aromatic amines is 1. The summed E-state index contributed by atoms with van der Waals surface area (Å²) in [5.41, 5.74) is 0.798. The van der Waals surface area contributed by atoms with E-state index in [1.54, 1.807) is 6.92 Å². The molecule has 2 aromatic rings. The maximum atomic E-state index is 12.2. The predicted molar refractivity (Wildman–Crippen MR) is 105 cm³/mol.